The molecule has 0 radical (unpaired) electrons. The van der Waals surface area contributed by atoms with Gasteiger partial charge in [-0.3, -0.25) is 4.98 Å². The Balaban J connectivity index is 0.895. The molecule has 0 N–H and O–H groups in total. The highest BCUT2D eigenvalue weighted by atomic mass is 15.0. The summed E-state index contributed by atoms with van der Waals surface area (Å²) in [4.78, 5) is 19.2. The van der Waals surface area contributed by atoms with Crippen LogP contribution in [0.3, 0.4) is 0 Å². The van der Waals surface area contributed by atoms with Crippen LogP contribution in [0.15, 0.2) is 219 Å². The van der Waals surface area contributed by atoms with Crippen molar-refractivity contribution in [3.05, 3.63) is 241 Å². The fourth-order valence-electron chi connectivity index (χ4n) is 9.66. The molecular weight excluding hydrogens is 741 g/mol. The van der Waals surface area contributed by atoms with E-state index >= 15 is 0 Å². The summed E-state index contributed by atoms with van der Waals surface area (Å²) in [7, 11) is 0. The molecule has 2 aromatic heterocycles. The molecule has 4 nitrogen and oxygen atoms in total. The van der Waals surface area contributed by atoms with Gasteiger partial charge in [-0.2, -0.15) is 0 Å². The number of benzene rings is 8. The average Bonchev–Trinajstić information content (AvgIpc) is 3.82. The Morgan fingerprint density at radius 2 is 0.656 bits per heavy atom. The molecule has 4 heteroatoms. The molecule has 10 aromatic rings. The van der Waals surface area contributed by atoms with Gasteiger partial charge in [0.2, 0.25) is 0 Å². The Hall–Kier alpha value is -8.08. The molecule has 0 amide bonds. The van der Waals surface area contributed by atoms with E-state index in [1.165, 1.54) is 55.6 Å². The Morgan fingerprint density at radius 1 is 0.262 bits per heavy atom. The summed E-state index contributed by atoms with van der Waals surface area (Å²) in [6.07, 6.45) is 3.66. The minimum Gasteiger partial charge on any atom is -0.264 e. The van der Waals surface area contributed by atoms with Gasteiger partial charge in [0.25, 0.3) is 0 Å². The molecule has 2 aliphatic rings. The Morgan fingerprint density at radius 3 is 1.21 bits per heavy atom. The Labute approximate surface area is 354 Å². The van der Waals surface area contributed by atoms with E-state index in [2.05, 4.69) is 175 Å². The van der Waals surface area contributed by atoms with Gasteiger partial charge in [0.05, 0.1) is 5.41 Å². The minimum absolute atomic E-state index is 0.340. The molecule has 0 bridgehead atoms. The largest absolute Gasteiger partial charge is 0.264 e. The van der Waals surface area contributed by atoms with Crippen LogP contribution in [-0.2, 0) is 5.41 Å². The Bertz CT molecular complexity index is 3240. The van der Waals surface area contributed by atoms with Crippen molar-refractivity contribution in [3.63, 3.8) is 0 Å². The van der Waals surface area contributed by atoms with Crippen molar-refractivity contribution in [2.75, 3.05) is 0 Å². The van der Waals surface area contributed by atoms with Gasteiger partial charge < -0.3 is 0 Å². The van der Waals surface area contributed by atoms with E-state index in [0.29, 0.717) is 17.5 Å². The number of hydrogen-bond acceptors (Lipinski definition) is 4. The van der Waals surface area contributed by atoms with Crippen molar-refractivity contribution in [1.82, 2.24) is 19.9 Å². The van der Waals surface area contributed by atoms with Crippen molar-refractivity contribution in [2.45, 2.75) is 5.41 Å². The van der Waals surface area contributed by atoms with Crippen molar-refractivity contribution in [2.24, 2.45) is 0 Å². The molecule has 0 atom stereocenters. The van der Waals surface area contributed by atoms with E-state index in [-0.39, 0.29) is 5.41 Å². The number of nitrogens with zero attached hydrogens (tertiary/aromatic N) is 4. The van der Waals surface area contributed by atoms with Crippen LogP contribution < -0.4 is 0 Å². The van der Waals surface area contributed by atoms with Crippen molar-refractivity contribution in [1.29, 1.82) is 0 Å². The summed E-state index contributed by atoms with van der Waals surface area (Å²) >= 11 is 0. The molecule has 61 heavy (non-hydrogen) atoms. The van der Waals surface area contributed by atoms with Crippen LogP contribution in [0.25, 0.3) is 89.8 Å². The lowest BCUT2D eigenvalue weighted by Gasteiger charge is -2.30. The zero-order chi connectivity index (χ0) is 40.3. The second-order valence-electron chi connectivity index (χ2n) is 15.8. The van der Waals surface area contributed by atoms with E-state index in [1.807, 2.05) is 42.6 Å². The first kappa shape index (κ1) is 34.9. The van der Waals surface area contributed by atoms with Crippen molar-refractivity contribution in [3.8, 4) is 89.8 Å². The zero-order valence-electron chi connectivity index (χ0n) is 33.1. The molecule has 0 saturated carbocycles. The second-order valence-corrected chi connectivity index (χ2v) is 15.8. The third-order valence-electron chi connectivity index (χ3n) is 12.5. The smallest absolute Gasteiger partial charge is 0.164 e. The van der Waals surface area contributed by atoms with Crippen LogP contribution in [-0.4, -0.2) is 19.9 Å². The fourth-order valence-corrected chi connectivity index (χ4v) is 9.66. The topological polar surface area (TPSA) is 51.6 Å². The van der Waals surface area contributed by atoms with Gasteiger partial charge in [0.15, 0.2) is 17.5 Å². The standard InChI is InChI=1S/C57H36N4/c1-2-12-39(13-3-1)54-59-55(61-56(60-54)41-29-25-38(26-30-41)45-16-11-33-58-36-45)40-27-23-37(24-28-40)42-14-10-15-43(34-42)44-31-32-53-49(35-44)48-19-6-9-22-52(48)57(53)50-20-7-4-17-46(50)47-18-5-8-21-51(47)57/h1-36H. The van der Waals surface area contributed by atoms with E-state index in [1.54, 1.807) is 6.20 Å². The van der Waals surface area contributed by atoms with Crippen molar-refractivity contribution >= 4 is 0 Å². The predicted molar refractivity (Wildman–Crippen MR) is 247 cm³/mol. The quantitative estimate of drug-likeness (QED) is 0.169. The third-order valence-corrected chi connectivity index (χ3v) is 12.5. The van der Waals surface area contributed by atoms with Gasteiger partial charge in [-0.1, -0.05) is 188 Å². The summed E-state index contributed by atoms with van der Waals surface area (Å²) in [5.41, 5.74) is 19.9. The molecule has 0 aliphatic heterocycles. The van der Waals surface area contributed by atoms with Crippen LogP contribution in [0.2, 0.25) is 0 Å². The predicted octanol–water partition coefficient (Wildman–Crippen LogP) is 13.6. The van der Waals surface area contributed by atoms with Crippen LogP contribution in [0.1, 0.15) is 22.3 Å². The lowest BCUT2D eigenvalue weighted by Crippen LogP contribution is -2.25. The highest BCUT2D eigenvalue weighted by Gasteiger charge is 2.51. The molecule has 12 rings (SSSR count). The van der Waals surface area contributed by atoms with Gasteiger partial charge in [-0.25, -0.2) is 15.0 Å². The maximum absolute atomic E-state index is 5.02. The lowest BCUT2D eigenvalue weighted by atomic mass is 9.70. The Kier molecular flexibility index (Phi) is 8.04. The van der Waals surface area contributed by atoms with E-state index in [9.17, 15) is 0 Å². The first-order valence-electron chi connectivity index (χ1n) is 20.7. The van der Waals surface area contributed by atoms with Crippen molar-refractivity contribution < 1.29 is 0 Å². The maximum atomic E-state index is 5.02. The van der Waals surface area contributed by atoms with Gasteiger partial charge in [0, 0.05) is 29.1 Å². The summed E-state index contributed by atoms with van der Waals surface area (Å²) in [5.74, 6) is 1.89. The van der Waals surface area contributed by atoms with Crippen LogP contribution >= 0.6 is 0 Å². The zero-order valence-corrected chi connectivity index (χ0v) is 33.1. The molecule has 0 unspecified atom stereocenters. The number of hydrogen-bond donors (Lipinski definition) is 0. The number of aromatic nitrogens is 4. The van der Waals surface area contributed by atoms with Gasteiger partial charge in [-0.05, 0) is 96.1 Å². The third kappa shape index (κ3) is 5.61. The molecule has 8 aromatic carbocycles. The molecule has 1 spiro atoms. The second kappa shape index (κ2) is 14.0. The van der Waals surface area contributed by atoms with Crippen LogP contribution in [0.4, 0.5) is 0 Å². The highest BCUT2D eigenvalue weighted by Crippen LogP contribution is 2.63. The van der Waals surface area contributed by atoms with Gasteiger partial charge >= 0.3 is 0 Å². The molecule has 0 saturated heterocycles. The summed E-state index contributed by atoms with van der Waals surface area (Å²) in [6, 6.07) is 73.9. The summed E-state index contributed by atoms with van der Waals surface area (Å²) in [6.45, 7) is 0. The number of fused-ring (bicyclic) bond motifs is 10. The van der Waals surface area contributed by atoms with E-state index in [4.69, 9.17) is 15.0 Å². The highest BCUT2D eigenvalue weighted by molar-refractivity contribution is 5.96. The average molecular weight is 777 g/mol. The SMILES string of the molecule is c1ccc(-c2nc(-c3ccc(-c4cccnc4)cc3)nc(-c3ccc(-c4cccc(-c5ccc6c(c5)-c5ccccc5C65c6ccccc6-c6ccccc65)c4)cc3)n2)cc1. The van der Waals surface area contributed by atoms with Crippen LogP contribution in [0.5, 0.6) is 0 Å². The number of pyridine rings is 1. The maximum Gasteiger partial charge on any atom is 0.164 e. The van der Waals surface area contributed by atoms with Crippen LogP contribution in [0, 0.1) is 0 Å². The summed E-state index contributed by atoms with van der Waals surface area (Å²) < 4.78 is 0. The van der Waals surface area contributed by atoms with E-state index in [0.717, 1.165) is 38.9 Å². The first-order valence-corrected chi connectivity index (χ1v) is 20.7. The molecule has 284 valence electrons. The first-order chi connectivity index (χ1) is 30.2. The van der Waals surface area contributed by atoms with Gasteiger partial charge in [0.1, 0.15) is 0 Å². The lowest BCUT2D eigenvalue weighted by molar-refractivity contribution is 0.794. The van der Waals surface area contributed by atoms with Gasteiger partial charge in [-0.15, -0.1) is 0 Å². The van der Waals surface area contributed by atoms with E-state index < -0.39 is 0 Å². The number of rotatable bonds is 6. The molecule has 2 aliphatic carbocycles. The fraction of sp³-hybridized carbons (Fsp3) is 0.0175. The molecule has 0 fully saturated rings. The molecule has 2 heterocycles. The summed E-state index contributed by atoms with van der Waals surface area (Å²) in [5, 5.41) is 0. The molecular formula is C57H36N4. The normalized spacial score (nSPS) is 12.7. The monoisotopic (exact) mass is 776 g/mol. The minimum atomic E-state index is -0.340.